The largest absolute Gasteiger partial charge is 0.381 e. The minimum atomic E-state index is 0. The van der Waals surface area contributed by atoms with Crippen molar-refractivity contribution in [2.45, 2.75) is 33.4 Å². The Balaban J connectivity index is 0.00000280. The summed E-state index contributed by atoms with van der Waals surface area (Å²) < 4.78 is 7.62. The average Bonchev–Trinajstić information content (AvgIpc) is 3.29. The number of aliphatic imine (C=N–C) groups is 1. The summed E-state index contributed by atoms with van der Waals surface area (Å²) >= 11 is 0. The number of nitrogens with one attached hydrogen (secondary N) is 1. The standard InChI is InChI=1S/C20H30N6O.HI/c1-4-27-15-18-10-11-26(14-18)20(21-12-17-8-6-5-7-9-17)22-13-19-24-23-16(2)25(19)3;/h5-9,18H,4,10-15H2,1-3H3,(H,21,22);1H. The number of nitrogens with zero attached hydrogens (tertiary/aromatic N) is 5. The highest BCUT2D eigenvalue weighted by Gasteiger charge is 2.25. The highest BCUT2D eigenvalue weighted by atomic mass is 127. The van der Waals surface area contributed by atoms with Gasteiger partial charge in [-0.25, -0.2) is 4.99 Å². The third kappa shape index (κ3) is 6.16. The predicted octanol–water partition coefficient (Wildman–Crippen LogP) is 2.75. The van der Waals surface area contributed by atoms with Crippen LogP contribution in [0.4, 0.5) is 0 Å². The molecule has 1 atom stereocenters. The van der Waals surface area contributed by atoms with Crippen molar-refractivity contribution in [2.24, 2.45) is 18.0 Å². The number of halogens is 1. The monoisotopic (exact) mass is 498 g/mol. The van der Waals surface area contributed by atoms with Crippen LogP contribution in [0.5, 0.6) is 0 Å². The van der Waals surface area contributed by atoms with Crippen molar-refractivity contribution in [3.8, 4) is 0 Å². The van der Waals surface area contributed by atoms with Gasteiger partial charge in [-0.3, -0.25) is 0 Å². The first kappa shape index (κ1) is 22.6. The second-order valence-corrected chi connectivity index (χ2v) is 6.96. The van der Waals surface area contributed by atoms with Crippen molar-refractivity contribution < 1.29 is 4.74 Å². The van der Waals surface area contributed by atoms with Crippen LogP contribution in [-0.4, -0.2) is 51.9 Å². The molecule has 0 aliphatic carbocycles. The number of hydrogen-bond donors (Lipinski definition) is 1. The summed E-state index contributed by atoms with van der Waals surface area (Å²) in [6.07, 6.45) is 1.13. The Labute approximate surface area is 184 Å². The maximum atomic E-state index is 5.61. The predicted molar refractivity (Wildman–Crippen MR) is 122 cm³/mol. The van der Waals surface area contributed by atoms with Gasteiger partial charge in [-0.1, -0.05) is 30.3 Å². The summed E-state index contributed by atoms with van der Waals surface area (Å²) in [6, 6.07) is 10.3. The fourth-order valence-electron chi connectivity index (χ4n) is 3.23. The number of rotatable bonds is 7. The summed E-state index contributed by atoms with van der Waals surface area (Å²) in [5.74, 6) is 3.31. The molecule has 0 radical (unpaired) electrons. The van der Waals surface area contributed by atoms with E-state index in [0.29, 0.717) is 19.0 Å². The topological polar surface area (TPSA) is 67.6 Å². The first-order valence-corrected chi connectivity index (χ1v) is 9.67. The van der Waals surface area contributed by atoms with E-state index in [1.165, 1.54) is 5.56 Å². The molecule has 154 valence electrons. The molecule has 1 saturated heterocycles. The van der Waals surface area contributed by atoms with E-state index >= 15 is 0 Å². The van der Waals surface area contributed by atoms with E-state index in [9.17, 15) is 0 Å². The molecule has 1 unspecified atom stereocenters. The molecule has 1 aliphatic heterocycles. The van der Waals surface area contributed by atoms with Crippen LogP contribution in [0.2, 0.25) is 0 Å². The molecule has 0 saturated carbocycles. The van der Waals surface area contributed by atoms with E-state index < -0.39 is 0 Å². The van der Waals surface area contributed by atoms with Crippen molar-refractivity contribution in [2.75, 3.05) is 26.3 Å². The van der Waals surface area contributed by atoms with E-state index in [-0.39, 0.29) is 24.0 Å². The van der Waals surface area contributed by atoms with Gasteiger partial charge in [0, 0.05) is 32.7 Å². The summed E-state index contributed by atoms with van der Waals surface area (Å²) in [4.78, 5) is 7.20. The molecule has 1 aliphatic rings. The molecule has 7 nitrogen and oxygen atoms in total. The quantitative estimate of drug-likeness (QED) is 0.362. The molecule has 8 heteroatoms. The zero-order chi connectivity index (χ0) is 19.1. The van der Waals surface area contributed by atoms with Gasteiger partial charge in [0.15, 0.2) is 11.8 Å². The molecule has 0 amide bonds. The number of benzene rings is 1. The Morgan fingerprint density at radius 3 is 2.75 bits per heavy atom. The Bertz CT molecular complexity index is 748. The lowest BCUT2D eigenvalue weighted by Gasteiger charge is -2.22. The van der Waals surface area contributed by atoms with Crippen LogP contribution in [0.15, 0.2) is 35.3 Å². The maximum absolute atomic E-state index is 5.61. The molecular weight excluding hydrogens is 467 g/mol. The van der Waals surface area contributed by atoms with Gasteiger partial charge in [0.2, 0.25) is 0 Å². The minimum Gasteiger partial charge on any atom is -0.381 e. The lowest BCUT2D eigenvalue weighted by molar-refractivity contribution is 0.114. The highest BCUT2D eigenvalue weighted by molar-refractivity contribution is 14.0. The van der Waals surface area contributed by atoms with Crippen LogP contribution in [0.1, 0.15) is 30.6 Å². The normalized spacial score (nSPS) is 16.9. The van der Waals surface area contributed by atoms with Gasteiger partial charge in [-0.15, -0.1) is 34.2 Å². The van der Waals surface area contributed by atoms with Gasteiger partial charge in [0.25, 0.3) is 0 Å². The number of aryl methyl sites for hydroxylation is 1. The van der Waals surface area contributed by atoms with Gasteiger partial charge in [0.1, 0.15) is 5.82 Å². The molecule has 0 bridgehead atoms. The van der Waals surface area contributed by atoms with Crippen molar-refractivity contribution >= 4 is 29.9 Å². The van der Waals surface area contributed by atoms with Crippen molar-refractivity contribution in [1.82, 2.24) is 25.0 Å². The van der Waals surface area contributed by atoms with E-state index in [4.69, 9.17) is 9.73 Å². The first-order valence-electron chi connectivity index (χ1n) is 9.67. The Morgan fingerprint density at radius 1 is 1.29 bits per heavy atom. The lowest BCUT2D eigenvalue weighted by atomic mass is 10.1. The second-order valence-electron chi connectivity index (χ2n) is 6.96. The van der Waals surface area contributed by atoms with Gasteiger partial charge >= 0.3 is 0 Å². The smallest absolute Gasteiger partial charge is 0.194 e. The number of ether oxygens (including phenoxy) is 1. The molecule has 1 fully saturated rings. The molecule has 1 aromatic heterocycles. The van der Waals surface area contributed by atoms with E-state index in [1.807, 2.05) is 43.7 Å². The summed E-state index contributed by atoms with van der Waals surface area (Å²) in [7, 11) is 1.99. The fourth-order valence-corrected chi connectivity index (χ4v) is 3.23. The first-order chi connectivity index (χ1) is 13.2. The Hall–Kier alpha value is -1.68. The number of aromatic nitrogens is 3. The van der Waals surface area contributed by atoms with E-state index in [2.05, 4.69) is 32.5 Å². The Kier molecular flexibility index (Phi) is 9.17. The third-order valence-corrected chi connectivity index (χ3v) is 4.98. The maximum Gasteiger partial charge on any atom is 0.194 e. The molecule has 28 heavy (non-hydrogen) atoms. The molecule has 1 aromatic carbocycles. The molecule has 3 rings (SSSR count). The van der Waals surface area contributed by atoms with Gasteiger partial charge in [-0.05, 0) is 25.8 Å². The van der Waals surface area contributed by atoms with Gasteiger partial charge in [0.05, 0.1) is 19.7 Å². The van der Waals surface area contributed by atoms with Crippen LogP contribution < -0.4 is 5.32 Å². The van der Waals surface area contributed by atoms with E-state index in [1.54, 1.807) is 0 Å². The van der Waals surface area contributed by atoms with Gasteiger partial charge in [-0.2, -0.15) is 0 Å². The SMILES string of the molecule is CCOCC1CCN(C(=NCc2ccccc2)NCc2nnc(C)n2C)C1.I. The zero-order valence-electron chi connectivity index (χ0n) is 17.0. The average molecular weight is 498 g/mol. The second kappa shape index (κ2) is 11.4. The van der Waals surface area contributed by atoms with Crippen molar-refractivity contribution in [3.05, 3.63) is 47.5 Å². The summed E-state index contributed by atoms with van der Waals surface area (Å²) in [5.41, 5.74) is 1.20. The lowest BCUT2D eigenvalue weighted by Crippen LogP contribution is -2.40. The molecule has 0 spiro atoms. The number of likely N-dealkylation sites (tertiary alicyclic amines) is 1. The fraction of sp³-hybridized carbons (Fsp3) is 0.550. The van der Waals surface area contributed by atoms with Crippen LogP contribution in [-0.2, 0) is 24.9 Å². The molecular formula is C20H31IN6O. The molecule has 2 aromatic rings. The highest BCUT2D eigenvalue weighted by Crippen LogP contribution is 2.17. The number of hydrogen-bond acceptors (Lipinski definition) is 4. The molecule has 2 heterocycles. The number of guanidine groups is 1. The van der Waals surface area contributed by atoms with Crippen molar-refractivity contribution in [1.29, 1.82) is 0 Å². The van der Waals surface area contributed by atoms with E-state index in [0.717, 1.165) is 50.3 Å². The van der Waals surface area contributed by atoms with Crippen LogP contribution >= 0.6 is 24.0 Å². The zero-order valence-corrected chi connectivity index (χ0v) is 19.3. The van der Waals surface area contributed by atoms with Crippen molar-refractivity contribution in [3.63, 3.8) is 0 Å². The van der Waals surface area contributed by atoms with Crippen LogP contribution in [0.3, 0.4) is 0 Å². The van der Waals surface area contributed by atoms with Gasteiger partial charge < -0.3 is 19.5 Å². The van der Waals surface area contributed by atoms with Crippen LogP contribution in [0, 0.1) is 12.8 Å². The summed E-state index contributed by atoms with van der Waals surface area (Å²) in [5, 5.41) is 11.9. The molecule has 1 N–H and O–H groups in total. The Morgan fingerprint density at radius 2 is 2.07 bits per heavy atom. The van der Waals surface area contributed by atoms with Crippen LogP contribution in [0.25, 0.3) is 0 Å². The third-order valence-electron chi connectivity index (χ3n) is 4.98. The summed E-state index contributed by atoms with van der Waals surface area (Å²) in [6.45, 7) is 8.83. The minimum absolute atomic E-state index is 0.